The van der Waals surface area contributed by atoms with Crippen LogP contribution in [0.25, 0.3) is 0 Å². The fraction of sp³-hybridized carbons (Fsp3) is 0.600. The zero-order valence-corrected chi connectivity index (χ0v) is 11.9. The van der Waals surface area contributed by atoms with Gasteiger partial charge in [0.15, 0.2) is 0 Å². The topological polar surface area (TPSA) is 30.5 Å². The molecule has 0 fully saturated rings. The van der Waals surface area contributed by atoms with Crippen molar-refractivity contribution in [3.8, 4) is 5.75 Å². The average molecular weight is 251 g/mol. The molecule has 0 aliphatic carbocycles. The normalized spacial score (nSPS) is 14.2. The van der Waals surface area contributed by atoms with Gasteiger partial charge in [0.25, 0.3) is 0 Å². The maximum absolute atomic E-state index is 5.65. The fourth-order valence-electron chi connectivity index (χ4n) is 1.96. The highest BCUT2D eigenvalue weighted by molar-refractivity contribution is 5.35. The molecule has 0 aliphatic rings. The molecule has 18 heavy (non-hydrogen) atoms. The van der Waals surface area contributed by atoms with Crippen LogP contribution in [0.5, 0.6) is 5.75 Å². The standard InChI is InChI=1S/C15H25NO2/c1-5-18-15-9-7-6-8-14(15)13(3)16-10-12(2)11-17-4/h6-9,12-13,16H,5,10-11H2,1-4H3. The highest BCUT2D eigenvalue weighted by Crippen LogP contribution is 2.24. The van der Waals surface area contributed by atoms with Crippen LogP contribution >= 0.6 is 0 Å². The third-order valence-corrected chi connectivity index (χ3v) is 2.91. The maximum Gasteiger partial charge on any atom is 0.124 e. The molecule has 0 spiro atoms. The van der Waals surface area contributed by atoms with Gasteiger partial charge in [0.05, 0.1) is 6.61 Å². The fourth-order valence-corrected chi connectivity index (χ4v) is 1.96. The van der Waals surface area contributed by atoms with E-state index in [-0.39, 0.29) is 6.04 Å². The van der Waals surface area contributed by atoms with Crippen molar-refractivity contribution in [1.82, 2.24) is 5.32 Å². The van der Waals surface area contributed by atoms with Crippen LogP contribution in [0.1, 0.15) is 32.4 Å². The Balaban J connectivity index is 2.57. The molecular weight excluding hydrogens is 226 g/mol. The number of benzene rings is 1. The number of para-hydroxylation sites is 1. The van der Waals surface area contributed by atoms with E-state index < -0.39 is 0 Å². The summed E-state index contributed by atoms with van der Waals surface area (Å²) in [5.74, 6) is 1.48. The monoisotopic (exact) mass is 251 g/mol. The van der Waals surface area contributed by atoms with Crippen molar-refractivity contribution in [2.45, 2.75) is 26.8 Å². The summed E-state index contributed by atoms with van der Waals surface area (Å²) in [6.45, 7) is 8.77. The molecule has 0 heterocycles. The number of hydrogen-bond acceptors (Lipinski definition) is 3. The third-order valence-electron chi connectivity index (χ3n) is 2.91. The van der Waals surface area contributed by atoms with Crippen molar-refractivity contribution >= 4 is 0 Å². The van der Waals surface area contributed by atoms with Gasteiger partial charge in [-0.1, -0.05) is 25.1 Å². The molecule has 0 saturated heterocycles. The number of nitrogens with one attached hydrogen (secondary N) is 1. The lowest BCUT2D eigenvalue weighted by molar-refractivity contribution is 0.157. The Morgan fingerprint density at radius 1 is 1.22 bits per heavy atom. The van der Waals surface area contributed by atoms with E-state index >= 15 is 0 Å². The maximum atomic E-state index is 5.65. The lowest BCUT2D eigenvalue weighted by Gasteiger charge is -2.20. The Hall–Kier alpha value is -1.06. The van der Waals surface area contributed by atoms with E-state index in [1.54, 1.807) is 7.11 Å². The number of methoxy groups -OCH3 is 1. The van der Waals surface area contributed by atoms with E-state index in [1.165, 1.54) is 5.56 Å². The molecule has 2 unspecified atom stereocenters. The second kappa shape index (κ2) is 8.11. The van der Waals surface area contributed by atoms with Gasteiger partial charge < -0.3 is 14.8 Å². The molecule has 0 amide bonds. The van der Waals surface area contributed by atoms with Gasteiger partial charge in [-0.15, -0.1) is 0 Å². The molecule has 1 rings (SSSR count). The van der Waals surface area contributed by atoms with Gasteiger partial charge in [0.1, 0.15) is 5.75 Å². The van der Waals surface area contributed by atoms with Crippen molar-refractivity contribution in [1.29, 1.82) is 0 Å². The lowest BCUT2D eigenvalue weighted by atomic mass is 10.1. The van der Waals surface area contributed by atoms with Gasteiger partial charge in [-0.05, 0) is 25.8 Å². The molecule has 1 aromatic rings. The zero-order chi connectivity index (χ0) is 13.4. The van der Waals surface area contributed by atoms with Gasteiger partial charge >= 0.3 is 0 Å². The largest absolute Gasteiger partial charge is 0.494 e. The summed E-state index contributed by atoms with van der Waals surface area (Å²) in [5.41, 5.74) is 1.21. The van der Waals surface area contributed by atoms with Gasteiger partial charge in [-0.3, -0.25) is 0 Å². The summed E-state index contributed by atoms with van der Waals surface area (Å²) in [4.78, 5) is 0. The predicted molar refractivity (Wildman–Crippen MR) is 75.1 cm³/mol. The first-order chi connectivity index (χ1) is 8.69. The summed E-state index contributed by atoms with van der Waals surface area (Å²) >= 11 is 0. The summed E-state index contributed by atoms with van der Waals surface area (Å²) < 4.78 is 10.8. The SMILES string of the molecule is CCOc1ccccc1C(C)NCC(C)COC. The molecule has 1 N–H and O–H groups in total. The highest BCUT2D eigenvalue weighted by atomic mass is 16.5. The Kier molecular flexibility index (Phi) is 6.76. The second-order valence-electron chi connectivity index (χ2n) is 4.66. The summed E-state index contributed by atoms with van der Waals surface area (Å²) in [6, 6.07) is 8.48. The quantitative estimate of drug-likeness (QED) is 0.770. The van der Waals surface area contributed by atoms with Crippen molar-refractivity contribution < 1.29 is 9.47 Å². The Bertz CT molecular complexity index is 341. The van der Waals surface area contributed by atoms with Crippen LogP contribution in [-0.2, 0) is 4.74 Å². The number of hydrogen-bond donors (Lipinski definition) is 1. The van der Waals surface area contributed by atoms with Crippen molar-refractivity contribution in [3.63, 3.8) is 0 Å². The summed E-state index contributed by atoms with van der Waals surface area (Å²) in [6.07, 6.45) is 0. The Labute approximate surface area is 110 Å². The van der Waals surface area contributed by atoms with Crippen molar-refractivity contribution in [3.05, 3.63) is 29.8 Å². The Morgan fingerprint density at radius 2 is 1.94 bits per heavy atom. The molecule has 0 aliphatic heterocycles. The smallest absolute Gasteiger partial charge is 0.124 e. The van der Waals surface area contributed by atoms with E-state index in [2.05, 4.69) is 31.3 Å². The summed E-state index contributed by atoms with van der Waals surface area (Å²) in [7, 11) is 1.74. The first-order valence-corrected chi connectivity index (χ1v) is 6.63. The molecule has 0 bridgehead atoms. The molecule has 2 atom stereocenters. The first kappa shape index (κ1) is 15.0. The average Bonchev–Trinajstić information content (AvgIpc) is 2.37. The molecule has 0 aromatic heterocycles. The van der Waals surface area contributed by atoms with E-state index in [0.29, 0.717) is 12.5 Å². The zero-order valence-electron chi connectivity index (χ0n) is 11.9. The molecule has 1 aromatic carbocycles. The minimum atomic E-state index is 0.284. The van der Waals surface area contributed by atoms with Crippen LogP contribution in [0, 0.1) is 5.92 Å². The minimum absolute atomic E-state index is 0.284. The van der Waals surface area contributed by atoms with Crippen LogP contribution in [0.15, 0.2) is 24.3 Å². The number of rotatable bonds is 8. The molecule has 0 saturated carbocycles. The van der Waals surface area contributed by atoms with E-state index in [0.717, 1.165) is 18.9 Å². The van der Waals surface area contributed by atoms with Crippen LogP contribution in [-0.4, -0.2) is 26.9 Å². The van der Waals surface area contributed by atoms with Gasteiger partial charge in [-0.25, -0.2) is 0 Å². The third kappa shape index (κ3) is 4.67. The number of ether oxygens (including phenoxy) is 2. The Morgan fingerprint density at radius 3 is 2.61 bits per heavy atom. The van der Waals surface area contributed by atoms with Gasteiger partial charge in [-0.2, -0.15) is 0 Å². The van der Waals surface area contributed by atoms with Crippen LogP contribution in [0.4, 0.5) is 0 Å². The van der Waals surface area contributed by atoms with E-state index in [9.17, 15) is 0 Å². The van der Waals surface area contributed by atoms with Crippen molar-refractivity contribution in [2.75, 3.05) is 26.9 Å². The lowest BCUT2D eigenvalue weighted by Crippen LogP contribution is -2.26. The summed E-state index contributed by atoms with van der Waals surface area (Å²) in [5, 5.41) is 3.52. The van der Waals surface area contributed by atoms with Gasteiger partial charge in [0.2, 0.25) is 0 Å². The molecule has 102 valence electrons. The molecule has 0 radical (unpaired) electrons. The van der Waals surface area contributed by atoms with Crippen LogP contribution in [0.2, 0.25) is 0 Å². The molecule has 3 heteroatoms. The van der Waals surface area contributed by atoms with Crippen molar-refractivity contribution in [2.24, 2.45) is 5.92 Å². The molecular formula is C15H25NO2. The van der Waals surface area contributed by atoms with E-state index in [4.69, 9.17) is 9.47 Å². The van der Waals surface area contributed by atoms with Crippen LogP contribution < -0.4 is 10.1 Å². The predicted octanol–water partition coefficient (Wildman–Crippen LogP) is 3.02. The minimum Gasteiger partial charge on any atom is -0.494 e. The first-order valence-electron chi connectivity index (χ1n) is 6.63. The second-order valence-corrected chi connectivity index (χ2v) is 4.66. The molecule has 3 nitrogen and oxygen atoms in total. The van der Waals surface area contributed by atoms with E-state index in [1.807, 2.05) is 19.1 Å². The van der Waals surface area contributed by atoms with Crippen LogP contribution in [0.3, 0.4) is 0 Å². The van der Waals surface area contributed by atoms with Gasteiger partial charge in [0, 0.05) is 31.9 Å². The highest BCUT2D eigenvalue weighted by Gasteiger charge is 2.11.